The largest absolute Gasteiger partial charge is 0.497 e. The van der Waals surface area contributed by atoms with Crippen molar-refractivity contribution in [1.82, 2.24) is 5.32 Å². The van der Waals surface area contributed by atoms with Crippen molar-refractivity contribution in [2.24, 2.45) is 5.92 Å². The number of rotatable bonds is 6. The van der Waals surface area contributed by atoms with Gasteiger partial charge in [-0.05, 0) is 67.8 Å². The molecule has 0 radical (unpaired) electrons. The summed E-state index contributed by atoms with van der Waals surface area (Å²) >= 11 is 0. The Labute approximate surface area is 117 Å². The highest BCUT2D eigenvalue weighted by Gasteiger charge is 2.20. The van der Waals surface area contributed by atoms with E-state index >= 15 is 0 Å². The van der Waals surface area contributed by atoms with Crippen molar-refractivity contribution in [3.8, 4) is 5.75 Å². The maximum atomic E-state index is 5.36. The number of hydrogen-bond acceptors (Lipinski definition) is 2. The minimum atomic E-state index is 0.519. The van der Waals surface area contributed by atoms with Gasteiger partial charge in [-0.2, -0.15) is 0 Å². The molecule has 106 valence electrons. The van der Waals surface area contributed by atoms with Gasteiger partial charge in [0.25, 0.3) is 0 Å². The third kappa shape index (κ3) is 3.97. The Kier molecular flexibility index (Phi) is 5.26. The third-order valence-corrected chi connectivity index (χ3v) is 4.02. The van der Waals surface area contributed by atoms with Gasteiger partial charge in [0.15, 0.2) is 0 Å². The molecule has 1 aromatic carbocycles. The van der Waals surface area contributed by atoms with Crippen LogP contribution in [0.25, 0.3) is 0 Å². The third-order valence-electron chi connectivity index (χ3n) is 4.02. The maximum absolute atomic E-state index is 5.36. The quantitative estimate of drug-likeness (QED) is 0.778. The van der Waals surface area contributed by atoms with E-state index in [1.165, 1.54) is 43.2 Å². The first-order valence-corrected chi connectivity index (χ1v) is 7.61. The topological polar surface area (TPSA) is 21.3 Å². The zero-order chi connectivity index (χ0) is 13.7. The van der Waals surface area contributed by atoms with Crippen molar-refractivity contribution in [2.45, 2.75) is 52.0 Å². The second-order valence-corrected chi connectivity index (χ2v) is 6.00. The highest BCUT2D eigenvalue weighted by atomic mass is 16.5. The number of hydrogen-bond donors (Lipinski definition) is 1. The highest BCUT2D eigenvalue weighted by Crippen LogP contribution is 2.32. The smallest absolute Gasteiger partial charge is 0.119 e. The Morgan fingerprint density at radius 2 is 2.21 bits per heavy atom. The fourth-order valence-corrected chi connectivity index (χ4v) is 2.90. The van der Waals surface area contributed by atoms with Crippen molar-refractivity contribution in [2.75, 3.05) is 13.7 Å². The number of fused-ring (bicyclic) bond motifs is 1. The Hall–Kier alpha value is -1.02. The van der Waals surface area contributed by atoms with Gasteiger partial charge >= 0.3 is 0 Å². The molecule has 2 nitrogen and oxygen atoms in total. The fourth-order valence-electron chi connectivity index (χ4n) is 2.90. The minimum absolute atomic E-state index is 0.519. The van der Waals surface area contributed by atoms with Crippen LogP contribution in [0.2, 0.25) is 0 Å². The van der Waals surface area contributed by atoms with Crippen LogP contribution in [0, 0.1) is 5.92 Å². The molecule has 0 aliphatic heterocycles. The average Bonchev–Trinajstić information content (AvgIpc) is 2.43. The minimum Gasteiger partial charge on any atom is -0.497 e. The van der Waals surface area contributed by atoms with Crippen LogP contribution in [-0.4, -0.2) is 13.7 Å². The van der Waals surface area contributed by atoms with E-state index in [0.29, 0.717) is 6.04 Å². The molecule has 19 heavy (non-hydrogen) atoms. The predicted molar refractivity (Wildman–Crippen MR) is 80.7 cm³/mol. The van der Waals surface area contributed by atoms with Gasteiger partial charge in [-0.15, -0.1) is 0 Å². The second kappa shape index (κ2) is 6.95. The van der Waals surface area contributed by atoms with Gasteiger partial charge in [-0.25, -0.2) is 0 Å². The van der Waals surface area contributed by atoms with Gasteiger partial charge in [0.2, 0.25) is 0 Å². The molecule has 1 N–H and O–H groups in total. The summed E-state index contributed by atoms with van der Waals surface area (Å²) in [5.41, 5.74) is 2.95. The molecule has 0 spiro atoms. The Bertz CT molecular complexity index is 400. The summed E-state index contributed by atoms with van der Waals surface area (Å²) in [6, 6.07) is 7.05. The Morgan fingerprint density at radius 1 is 1.37 bits per heavy atom. The lowest BCUT2D eigenvalue weighted by atomic mass is 9.87. The van der Waals surface area contributed by atoms with Gasteiger partial charge in [-0.1, -0.05) is 19.9 Å². The number of benzene rings is 1. The molecular weight excluding hydrogens is 234 g/mol. The molecule has 0 saturated heterocycles. The summed E-state index contributed by atoms with van der Waals surface area (Å²) in [5, 5.41) is 3.73. The van der Waals surface area contributed by atoms with Crippen LogP contribution in [0.3, 0.4) is 0 Å². The molecule has 0 saturated carbocycles. The Balaban J connectivity index is 1.96. The van der Waals surface area contributed by atoms with Crippen LogP contribution in [0.4, 0.5) is 0 Å². The van der Waals surface area contributed by atoms with Crippen LogP contribution in [0.1, 0.15) is 56.7 Å². The highest BCUT2D eigenvalue weighted by molar-refractivity contribution is 5.39. The maximum Gasteiger partial charge on any atom is 0.119 e. The molecule has 1 aromatic rings. The molecule has 0 aromatic heterocycles. The van der Waals surface area contributed by atoms with Crippen molar-refractivity contribution >= 4 is 0 Å². The standard InChI is InChI=1S/C17H27NO/c1-13(2)6-5-11-18-17-8-4-7-14-9-10-15(19-3)12-16(14)17/h9-10,12-13,17-18H,4-8,11H2,1-3H3. The normalized spacial score (nSPS) is 18.4. The molecule has 1 aliphatic rings. The van der Waals surface area contributed by atoms with E-state index in [1.807, 2.05) is 0 Å². The van der Waals surface area contributed by atoms with Crippen LogP contribution >= 0.6 is 0 Å². The molecule has 0 fully saturated rings. The summed E-state index contributed by atoms with van der Waals surface area (Å²) in [6.45, 7) is 5.71. The summed E-state index contributed by atoms with van der Waals surface area (Å²) in [7, 11) is 1.75. The van der Waals surface area contributed by atoms with Gasteiger partial charge in [0, 0.05) is 6.04 Å². The van der Waals surface area contributed by atoms with Crippen LogP contribution in [0.5, 0.6) is 5.75 Å². The van der Waals surface area contributed by atoms with E-state index in [1.54, 1.807) is 7.11 Å². The molecule has 0 amide bonds. The van der Waals surface area contributed by atoms with Gasteiger partial charge in [0.05, 0.1) is 7.11 Å². The molecule has 2 heteroatoms. The van der Waals surface area contributed by atoms with Crippen LogP contribution in [-0.2, 0) is 6.42 Å². The van der Waals surface area contributed by atoms with E-state index in [2.05, 4.69) is 37.4 Å². The lowest BCUT2D eigenvalue weighted by Crippen LogP contribution is -2.26. The zero-order valence-electron chi connectivity index (χ0n) is 12.5. The first-order chi connectivity index (χ1) is 9.20. The SMILES string of the molecule is COc1ccc2c(c1)C(NCCCC(C)C)CCC2. The molecule has 0 heterocycles. The van der Waals surface area contributed by atoms with E-state index < -0.39 is 0 Å². The van der Waals surface area contributed by atoms with E-state index in [4.69, 9.17) is 4.74 Å². The van der Waals surface area contributed by atoms with E-state index in [-0.39, 0.29) is 0 Å². The average molecular weight is 261 g/mol. The van der Waals surface area contributed by atoms with Crippen molar-refractivity contribution in [1.29, 1.82) is 0 Å². The lowest BCUT2D eigenvalue weighted by molar-refractivity contribution is 0.406. The summed E-state index contributed by atoms with van der Waals surface area (Å²) in [6.07, 6.45) is 6.34. The summed E-state index contributed by atoms with van der Waals surface area (Å²) in [5.74, 6) is 1.79. The molecule has 0 bridgehead atoms. The molecule has 1 aliphatic carbocycles. The van der Waals surface area contributed by atoms with Crippen LogP contribution in [0.15, 0.2) is 18.2 Å². The van der Waals surface area contributed by atoms with E-state index in [0.717, 1.165) is 18.2 Å². The number of nitrogens with one attached hydrogen (secondary N) is 1. The van der Waals surface area contributed by atoms with Crippen molar-refractivity contribution < 1.29 is 4.74 Å². The Morgan fingerprint density at radius 3 is 2.95 bits per heavy atom. The first kappa shape index (κ1) is 14.4. The van der Waals surface area contributed by atoms with Crippen molar-refractivity contribution in [3.05, 3.63) is 29.3 Å². The number of ether oxygens (including phenoxy) is 1. The first-order valence-electron chi connectivity index (χ1n) is 7.61. The zero-order valence-corrected chi connectivity index (χ0v) is 12.5. The van der Waals surface area contributed by atoms with Gasteiger partial charge in [0.1, 0.15) is 5.75 Å². The fraction of sp³-hybridized carbons (Fsp3) is 0.647. The van der Waals surface area contributed by atoms with Gasteiger partial charge in [-0.3, -0.25) is 0 Å². The molecule has 1 unspecified atom stereocenters. The molecular formula is C17H27NO. The summed E-state index contributed by atoms with van der Waals surface area (Å²) < 4.78 is 5.36. The van der Waals surface area contributed by atoms with Crippen LogP contribution < -0.4 is 10.1 Å². The lowest BCUT2D eigenvalue weighted by Gasteiger charge is -2.27. The van der Waals surface area contributed by atoms with E-state index in [9.17, 15) is 0 Å². The molecule has 2 rings (SSSR count). The summed E-state index contributed by atoms with van der Waals surface area (Å²) in [4.78, 5) is 0. The monoisotopic (exact) mass is 261 g/mol. The number of aryl methyl sites for hydroxylation is 1. The van der Waals surface area contributed by atoms with Gasteiger partial charge < -0.3 is 10.1 Å². The van der Waals surface area contributed by atoms with Crippen molar-refractivity contribution in [3.63, 3.8) is 0 Å². The number of methoxy groups -OCH3 is 1. The molecule has 1 atom stereocenters. The second-order valence-electron chi connectivity index (χ2n) is 6.00. The predicted octanol–water partition coefficient (Wildman–Crippen LogP) is 4.10.